The largest absolute Gasteiger partial charge is 0.461 e. The van der Waals surface area contributed by atoms with Crippen LogP contribution in [0.5, 0.6) is 0 Å². The third-order valence-corrected chi connectivity index (χ3v) is 2.28. The van der Waals surface area contributed by atoms with Gasteiger partial charge in [-0.05, 0) is 0 Å². The zero-order valence-electron chi connectivity index (χ0n) is 7.52. The maximum absolute atomic E-state index is 12.8. The first-order valence-electron chi connectivity index (χ1n) is 3.82. The fraction of sp³-hybridized carbons (Fsp3) is 0.429. The Labute approximate surface area is 95.0 Å². The molecule has 0 spiro atoms. The van der Waals surface area contributed by atoms with Crippen LogP contribution in [-0.2, 0) is 11.3 Å². The Morgan fingerprint density at radius 3 is 2.19 bits per heavy atom. The Kier molecular flexibility index (Phi) is 3.36. The Bertz CT molecular complexity index is 392. The van der Waals surface area contributed by atoms with Gasteiger partial charge in [0.15, 0.2) is 0 Å². The van der Waals surface area contributed by atoms with Gasteiger partial charge < -0.3 is 5.73 Å². The summed E-state index contributed by atoms with van der Waals surface area (Å²) in [6, 6.07) is 0. The Hall–Kier alpha value is -0.990. The van der Waals surface area contributed by atoms with E-state index >= 15 is 0 Å². The number of hydrogen-bond donors (Lipinski definition) is 1. The monoisotopic (exact) mass is 305 g/mol. The van der Waals surface area contributed by atoms with Crippen LogP contribution < -0.4 is 5.73 Å². The van der Waals surface area contributed by atoms with Crippen LogP contribution in [-0.4, -0.2) is 16.1 Å². The average molecular weight is 306 g/mol. The summed E-state index contributed by atoms with van der Waals surface area (Å²) in [7, 11) is 0. The van der Waals surface area contributed by atoms with E-state index in [1.165, 1.54) is 0 Å². The molecule has 1 aromatic heterocycles. The maximum Gasteiger partial charge on any atom is 0.461 e. The van der Waals surface area contributed by atoms with Crippen LogP contribution in [0.1, 0.15) is 11.4 Å². The summed E-state index contributed by atoms with van der Waals surface area (Å²) in [6.07, 6.45) is -4.92. The van der Waals surface area contributed by atoms with Gasteiger partial charge in [-0.2, -0.15) is 22.0 Å². The molecule has 0 unspecified atom stereocenters. The number of anilines is 1. The predicted octanol–water partition coefficient (Wildman–Crippen LogP) is 2.61. The van der Waals surface area contributed by atoms with Crippen LogP contribution in [0.4, 0.5) is 27.8 Å². The van der Waals surface area contributed by atoms with Gasteiger partial charge in [-0.1, -0.05) is 15.9 Å². The van der Waals surface area contributed by atoms with Crippen molar-refractivity contribution in [3.05, 3.63) is 17.6 Å². The molecule has 3 nitrogen and oxygen atoms in total. The summed E-state index contributed by atoms with van der Waals surface area (Å²) in [5.74, 6) is -7.17. The van der Waals surface area contributed by atoms with E-state index in [0.717, 1.165) is 6.20 Å². The lowest BCUT2D eigenvalue weighted by Gasteiger charge is -2.18. The summed E-state index contributed by atoms with van der Waals surface area (Å²) < 4.78 is 61.4. The first kappa shape index (κ1) is 13.1. The molecule has 0 aromatic carbocycles. The van der Waals surface area contributed by atoms with E-state index < -0.39 is 23.7 Å². The predicted molar refractivity (Wildman–Crippen MR) is 49.0 cm³/mol. The fourth-order valence-corrected chi connectivity index (χ4v) is 1.23. The van der Waals surface area contributed by atoms with E-state index in [1.807, 2.05) is 0 Å². The molecule has 90 valence electrons. The molecule has 0 saturated carbocycles. The quantitative estimate of drug-likeness (QED) is 0.675. The zero-order valence-corrected chi connectivity index (χ0v) is 9.11. The molecule has 0 saturated heterocycles. The third-order valence-electron chi connectivity index (χ3n) is 1.68. The molecule has 0 amide bonds. The van der Waals surface area contributed by atoms with Crippen molar-refractivity contribution in [1.29, 1.82) is 0 Å². The molecule has 1 aromatic rings. The molecule has 0 atom stereocenters. The Morgan fingerprint density at radius 2 is 1.81 bits per heavy atom. The van der Waals surface area contributed by atoms with Gasteiger partial charge in [0.2, 0.25) is 5.82 Å². The van der Waals surface area contributed by atoms with Crippen molar-refractivity contribution < 1.29 is 22.0 Å². The smallest absolute Gasteiger partial charge is 0.383 e. The Morgan fingerprint density at radius 1 is 1.25 bits per heavy atom. The van der Waals surface area contributed by atoms with E-state index in [1.54, 1.807) is 0 Å². The van der Waals surface area contributed by atoms with Crippen molar-refractivity contribution in [3.63, 3.8) is 0 Å². The van der Waals surface area contributed by atoms with E-state index in [2.05, 4.69) is 25.9 Å². The van der Waals surface area contributed by atoms with Crippen LogP contribution in [0, 0.1) is 0 Å². The number of nitrogen functional groups attached to an aromatic ring is 1. The van der Waals surface area contributed by atoms with Crippen LogP contribution in [0.25, 0.3) is 0 Å². The van der Waals surface area contributed by atoms with Crippen molar-refractivity contribution in [2.75, 3.05) is 5.73 Å². The lowest BCUT2D eigenvalue weighted by molar-refractivity contribution is -0.292. The lowest BCUT2D eigenvalue weighted by Crippen LogP contribution is -2.35. The van der Waals surface area contributed by atoms with Gasteiger partial charge in [0.25, 0.3) is 0 Å². The molecule has 1 heterocycles. The maximum atomic E-state index is 12.8. The van der Waals surface area contributed by atoms with E-state index in [0.29, 0.717) is 0 Å². The summed E-state index contributed by atoms with van der Waals surface area (Å²) in [4.78, 5) is 5.91. The number of alkyl halides is 6. The SMILES string of the molecule is Nc1nc(C(F)(F)C(F)(F)F)ncc1CBr. The molecule has 0 bridgehead atoms. The number of nitrogens with two attached hydrogens (primary N) is 1. The molecule has 2 N–H and O–H groups in total. The van der Waals surface area contributed by atoms with E-state index in [-0.39, 0.29) is 10.9 Å². The van der Waals surface area contributed by atoms with Crippen molar-refractivity contribution in [2.24, 2.45) is 0 Å². The third kappa shape index (κ3) is 2.23. The number of nitrogens with zero attached hydrogens (tertiary/aromatic N) is 2. The fourth-order valence-electron chi connectivity index (χ4n) is 0.801. The molecule has 0 radical (unpaired) electrons. The first-order valence-corrected chi connectivity index (χ1v) is 4.94. The number of halogens is 6. The highest BCUT2D eigenvalue weighted by atomic mass is 79.9. The topological polar surface area (TPSA) is 51.8 Å². The van der Waals surface area contributed by atoms with Gasteiger partial charge in [0.1, 0.15) is 5.82 Å². The van der Waals surface area contributed by atoms with Gasteiger partial charge >= 0.3 is 12.1 Å². The minimum atomic E-state index is -5.74. The van der Waals surface area contributed by atoms with Gasteiger partial charge in [0, 0.05) is 17.1 Å². The van der Waals surface area contributed by atoms with Crippen LogP contribution >= 0.6 is 15.9 Å². The van der Waals surface area contributed by atoms with Gasteiger partial charge in [-0.25, -0.2) is 9.97 Å². The highest BCUT2D eigenvalue weighted by Crippen LogP contribution is 2.42. The van der Waals surface area contributed by atoms with Gasteiger partial charge in [-0.3, -0.25) is 0 Å². The van der Waals surface area contributed by atoms with E-state index in [9.17, 15) is 22.0 Å². The molecule has 16 heavy (non-hydrogen) atoms. The van der Waals surface area contributed by atoms with Gasteiger partial charge in [0.05, 0.1) is 0 Å². The summed E-state index contributed by atoms with van der Waals surface area (Å²) >= 11 is 2.95. The minimum absolute atomic E-state index is 0.163. The summed E-state index contributed by atoms with van der Waals surface area (Å²) in [5, 5.41) is 0.163. The van der Waals surface area contributed by atoms with Crippen molar-refractivity contribution in [2.45, 2.75) is 17.4 Å². The number of aromatic nitrogens is 2. The molecular formula is C7H5BrF5N3. The second-order valence-corrected chi connectivity index (χ2v) is 3.37. The minimum Gasteiger partial charge on any atom is -0.383 e. The second-order valence-electron chi connectivity index (χ2n) is 2.81. The average Bonchev–Trinajstić information content (AvgIpc) is 2.15. The summed E-state index contributed by atoms with van der Waals surface area (Å²) in [5.41, 5.74) is 5.43. The number of hydrogen-bond acceptors (Lipinski definition) is 3. The molecular weight excluding hydrogens is 301 g/mol. The summed E-state index contributed by atoms with van der Waals surface area (Å²) in [6.45, 7) is 0. The highest BCUT2D eigenvalue weighted by molar-refractivity contribution is 9.08. The highest BCUT2D eigenvalue weighted by Gasteiger charge is 2.61. The van der Waals surface area contributed by atoms with Gasteiger partial charge in [-0.15, -0.1) is 0 Å². The van der Waals surface area contributed by atoms with Crippen molar-refractivity contribution in [1.82, 2.24) is 9.97 Å². The number of rotatable bonds is 2. The van der Waals surface area contributed by atoms with Crippen LogP contribution in [0.2, 0.25) is 0 Å². The lowest BCUT2D eigenvalue weighted by atomic mass is 10.3. The van der Waals surface area contributed by atoms with Crippen molar-refractivity contribution >= 4 is 21.7 Å². The van der Waals surface area contributed by atoms with Crippen molar-refractivity contribution in [3.8, 4) is 0 Å². The first-order chi connectivity index (χ1) is 7.20. The molecule has 0 aliphatic heterocycles. The normalized spacial score (nSPS) is 12.9. The van der Waals surface area contributed by atoms with E-state index in [4.69, 9.17) is 5.73 Å². The zero-order chi connectivity index (χ0) is 12.6. The molecule has 9 heteroatoms. The molecule has 0 aliphatic carbocycles. The van der Waals surface area contributed by atoms with Crippen LogP contribution in [0.3, 0.4) is 0 Å². The van der Waals surface area contributed by atoms with Crippen LogP contribution in [0.15, 0.2) is 6.20 Å². The standard InChI is InChI=1S/C7H5BrF5N3/c8-1-3-2-15-5(16-4(3)14)6(9,10)7(11,12)13/h2H,1H2,(H2,14,15,16). The molecule has 0 fully saturated rings. The molecule has 1 rings (SSSR count). The molecule has 0 aliphatic rings. The second kappa shape index (κ2) is 4.11. The Balaban J connectivity index is 3.20.